The molecule has 0 unspecified atom stereocenters. The Bertz CT molecular complexity index is 586. The summed E-state index contributed by atoms with van der Waals surface area (Å²) in [6.07, 6.45) is 8.77. The number of carbonyl (C=O) groups excluding carboxylic acids is 1. The Morgan fingerprint density at radius 2 is 1.92 bits per heavy atom. The third-order valence-electron chi connectivity index (χ3n) is 6.46. The second kappa shape index (κ2) is 6.51. The van der Waals surface area contributed by atoms with Gasteiger partial charge in [-0.25, -0.2) is 0 Å². The molecule has 0 radical (unpaired) electrons. The Labute approximate surface area is 144 Å². The summed E-state index contributed by atoms with van der Waals surface area (Å²) in [5, 5.41) is 4.04. The highest BCUT2D eigenvalue weighted by Gasteiger charge is 2.47. The van der Waals surface area contributed by atoms with Gasteiger partial charge in [-0.15, -0.1) is 0 Å². The maximum absolute atomic E-state index is 12.6. The highest BCUT2D eigenvalue weighted by Crippen LogP contribution is 2.36. The van der Waals surface area contributed by atoms with Crippen LogP contribution in [0.4, 0.5) is 0 Å². The molecule has 3 heterocycles. The van der Waals surface area contributed by atoms with Crippen LogP contribution in [0, 0.1) is 19.8 Å². The van der Waals surface area contributed by atoms with E-state index in [0.29, 0.717) is 31.0 Å². The summed E-state index contributed by atoms with van der Waals surface area (Å²) in [4.78, 5) is 17.3. The van der Waals surface area contributed by atoms with Crippen molar-refractivity contribution >= 4 is 5.91 Å². The molecule has 4 rings (SSSR count). The van der Waals surface area contributed by atoms with Crippen molar-refractivity contribution in [3.63, 3.8) is 0 Å². The monoisotopic (exact) mass is 331 g/mol. The van der Waals surface area contributed by atoms with Crippen LogP contribution in [0.5, 0.6) is 0 Å². The molecule has 3 fully saturated rings. The molecule has 2 saturated heterocycles. The fourth-order valence-corrected chi connectivity index (χ4v) is 5.04. The number of aryl methyl sites for hydroxylation is 2. The van der Waals surface area contributed by atoms with Crippen molar-refractivity contribution in [1.82, 2.24) is 15.0 Å². The van der Waals surface area contributed by atoms with Gasteiger partial charge in [0.05, 0.1) is 12.2 Å². The predicted molar refractivity (Wildman–Crippen MR) is 91.5 cm³/mol. The van der Waals surface area contributed by atoms with E-state index in [0.717, 1.165) is 35.9 Å². The van der Waals surface area contributed by atoms with Crippen molar-refractivity contribution in [3.05, 3.63) is 17.0 Å². The summed E-state index contributed by atoms with van der Waals surface area (Å²) in [7, 11) is 0. The lowest BCUT2D eigenvalue weighted by molar-refractivity contribution is -0.129. The summed E-state index contributed by atoms with van der Waals surface area (Å²) in [5.74, 6) is 2.00. The number of amides is 1. The van der Waals surface area contributed by atoms with Crippen LogP contribution in [0.15, 0.2) is 4.52 Å². The lowest BCUT2D eigenvalue weighted by Gasteiger charge is -2.30. The van der Waals surface area contributed by atoms with Gasteiger partial charge < -0.3 is 9.42 Å². The van der Waals surface area contributed by atoms with Crippen molar-refractivity contribution in [2.75, 3.05) is 13.1 Å². The number of likely N-dealkylation sites (tertiary alicyclic amines) is 2. The van der Waals surface area contributed by atoms with Crippen molar-refractivity contribution in [2.45, 2.75) is 77.4 Å². The van der Waals surface area contributed by atoms with Gasteiger partial charge in [0, 0.05) is 37.2 Å². The van der Waals surface area contributed by atoms with Crippen LogP contribution in [0.3, 0.4) is 0 Å². The summed E-state index contributed by atoms with van der Waals surface area (Å²) < 4.78 is 5.28. The number of carbonyl (C=O) groups is 1. The molecule has 5 heteroatoms. The van der Waals surface area contributed by atoms with Crippen molar-refractivity contribution in [2.24, 2.45) is 5.92 Å². The smallest absolute Gasteiger partial charge is 0.224 e. The van der Waals surface area contributed by atoms with Crippen LogP contribution in [0.25, 0.3) is 0 Å². The minimum atomic E-state index is 0.304. The van der Waals surface area contributed by atoms with Crippen molar-refractivity contribution in [1.29, 1.82) is 0 Å². The standard InChI is InChI=1S/C19H29N3O2/c1-13-16(14(2)24-20-13)12-22-17-8-9-21(18(17)10-19(22)23)11-15-6-4-3-5-7-15/h15,17-18H,3-12H2,1-2H3/t17-,18-/m0/s1. The Morgan fingerprint density at radius 3 is 2.62 bits per heavy atom. The SMILES string of the molecule is Cc1noc(C)c1CN1C(=O)C[C@H]2[C@@H]1CCN2CC1CCCCC1. The molecule has 1 aromatic heterocycles. The zero-order valence-electron chi connectivity index (χ0n) is 15.0. The first-order chi connectivity index (χ1) is 11.6. The van der Waals surface area contributed by atoms with E-state index in [1.54, 1.807) is 0 Å². The molecule has 1 aromatic rings. The lowest BCUT2D eigenvalue weighted by atomic mass is 9.89. The van der Waals surface area contributed by atoms with Crippen LogP contribution in [0.1, 0.15) is 62.0 Å². The van der Waals surface area contributed by atoms with Gasteiger partial charge in [0.15, 0.2) is 0 Å². The summed E-state index contributed by atoms with van der Waals surface area (Å²) >= 11 is 0. The number of aromatic nitrogens is 1. The van der Waals surface area contributed by atoms with E-state index in [1.165, 1.54) is 38.6 Å². The number of hydrogen-bond acceptors (Lipinski definition) is 4. The predicted octanol–water partition coefficient (Wildman–Crippen LogP) is 3.05. The van der Waals surface area contributed by atoms with E-state index >= 15 is 0 Å². The molecular weight excluding hydrogens is 302 g/mol. The number of fused-ring (bicyclic) bond motifs is 1. The average Bonchev–Trinajstić information content (AvgIpc) is 3.20. The van der Waals surface area contributed by atoms with E-state index in [1.807, 2.05) is 13.8 Å². The van der Waals surface area contributed by atoms with Gasteiger partial charge in [-0.05, 0) is 39.0 Å². The first kappa shape index (κ1) is 16.1. The first-order valence-electron chi connectivity index (χ1n) is 9.58. The molecule has 1 amide bonds. The quantitative estimate of drug-likeness (QED) is 0.851. The van der Waals surface area contributed by atoms with Crippen molar-refractivity contribution in [3.8, 4) is 0 Å². The molecule has 3 aliphatic rings. The third kappa shape index (κ3) is 2.87. The second-order valence-electron chi connectivity index (χ2n) is 7.95. The number of hydrogen-bond donors (Lipinski definition) is 0. The Balaban J connectivity index is 1.43. The van der Waals surface area contributed by atoms with Gasteiger partial charge in [0.2, 0.25) is 5.91 Å². The number of rotatable bonds is 4. The van der Waals surface area contributed by atoms with Crippen LogP contribution < -0.4 is 0 Å². The molecule has 132 valence electrons. The molecule has 0 aromatic carbocycles. The normalized spacial score (nSPS) is 28.8. The lowest BCUT2D eigenvalue weighted by Crippen LogP contribution is -2.39. The summed E-state index contributed by atoms with van der Waals surface area (Å²) in [6, 6.07) is 0.815. The molecule has 5 nitrogen and oxygen atoms in total. The molecule has 1 aliphatic carbocycles. The fourth-order valence-electron chi connectivity index (χ4n) is 5.04. The van der Waals surface area contributed by atoms with Crippen LogP contribution in [0.2, 0.25) is 0 Å². The highest BCUT2D eigenvalue weighted by atomic mass is 16.5. The molecular formula is C19H29N3O2. The molecule has 1 saturated carbocycles. The van der Waals surface area contributed by atoms with Crippen LogP contribution in [-0.4, -0.2) is 46.0 Å². The van der Waals surface area contributed by atoms with Crippen molar-refractivity contribution < 1.29 is 9.32 Å². The van der Waals surface area contributed by atoms with Gasteiger partial charge in [-0.3, -0.25) is 9.69 Å². The molecule has 24 heavy (non-hydrogen) atoms. The Morgan fingerprint density at radius 1 is 1.12 bits per heavy atom. The van der Waals surface area contributed by atoms with Crippen LogP contribution >= 0.6 is 0 Å². The Hall–Kier alpha value is -1.36. The largest absolute Gasteiger partial charge is 0.361 e. The van der Waals surface area contributed by atoms with Gasteiger partial charge >= 0.3 is 0 Å². The van der Waals surface area contributed by atoms with Gasteiger partial charge in [-0.1, -0.05) is 24.4 Å². The maximum Gasteiger partial charge on any atom is 0.224 e. The highest BCUT2D eigenvalue weighted by molar-refractivity contribution is 5.80. The first-order valence-corrected chi connectivity index (χ1v) is 9.58. The zero-order chi connectivity index (χ0) is 16.7. The third-order valence-corrected chi connectivity index (χ3v) is 6.46. The van der Waals surface area contributed by atoms with Gasteiger partial charge in [0.1, 0.15) is 5.76 Å². The fraction of sp³-hybridized carbons (Fsp3) is 0.789. The van der Waals surface area contributed by atoms with E-state index in [-0.39, 0.29) is 0 Å². The molecule has 0 spiro atoms. The topological polar surface area (TPSA) is 49.6 Å². The number of nitrogens with zero attached hydrogens (tertiary/aromatic N) is 3. The van der Waals surface area contributed by atoms with E-state index in [9.17, 15) is 4.79 Å². The second-order valence-corrected chi connectivity index (χ2v) is 7.95. The van der Waals surface area contributed by atoms with E-state index < -0.39 is 0 Å². The molecule has 2 atom stereocenters. The zero-order valence-corrected chi connectivity index (χ0v) is 15.0. The molecule has 0 N–H and O–H groups in total. The minimum Gasteiger partial charge on any atom is -0.361 e. The summed E-state index contributed by atoms with van der Waals surface area (Å²) in [6.45, 7) is 6.93. The summed E-state index contributed by atoms with van der Waals surface area (Å²) in [5.41, 5.74) is 2.01. The minimum absolute atomic E-state index is 0.304. The average molecular weight is 331 g/mol. The van der Waals surface area contributed by atoms with E-state index in [4.69, 9.17) is 4.52 Å². The maximum atomic E-state index is 12.6. The molecule has 0 bridgehead atoms. The van der Waals surface area contributed by atoms with Gasteiger partial charge in [0.25, 0.3) is 0 Å². The van der Waals surface area contributed by atoms with E-state index in [2.05, 4.69) is 15.0 Å². The van der Waals surface area contributed by atoms with Gasteiger partial charge in [-0.2, -0.15) is 0 Å². The Kier molecular flexibility index (Phi) is 4.37. The van der Waals surface area contributed by atoms with Crippen LogP contribution in [-0.2, 0) is 11.3 Å². The molecule has 2 aliphatic heterocycles.